The zero-order valence-corrected chi connectivity index (χ0v) is 12.2. The summed E-state index contributed by atoms with van der Waals surface area (Å²) in [5, 5.41) is 9.73. The fraction of sp³-hybridized carbons (Fsp3) is 0.412. The third-order valence-electron chi connectivity index (χ3n) is 4.00. The SMILES string of the molecule is CCC(O)=C1C(=O)CC(c2c(C)cccc2C)CC1=O. The highest BCUT2D eigenvalue weighted by molar-refractivity contribution is 6.22. The quantitative estimate of drug-likeness (QED) is 0.509. The average Bonchev–Trinajstić information content (AvgIpc) is 2.37. The first-order chi connectivity index (χ1) is 9.45. The van der Waals surface area contributed by atoms with Gasteiger partial charge in [0, 0.05) is 19.3 Å². The first-order valence-corrected chi connectivity index (χ1v) is 7.00. The van der Waals surface area contributed by atoms with Gasteiger partial charge in [-0.15, -0.1) is 0 Å². The van der Waals surface area contributed by atoms with Crippen LogP contribution in [0.25, 0.3) is 0 Å². The Morgan fingerprint density at radius 1 is 1.15 bits per heavy atom. The lowest BCUT2D eigenvalue weighted by atomic mass is 9.77. The molecule has 0 saturated heterocycles. The molecular formula is C17H20O3. The topological polar surface area (TPSA) is 54.4 Å². The molecule has 0 aromatic heterocycles. The van der Waals surface area contributed by atoms with E-state index in [9.17, 15) is 14.7 Å². The monoisotopic (exact) mass is 272 g/mol. The lowest BCUT2D eigenvalue weighted by Crippen LogP contribution is -2.27. The fourth-order valence-corrected chi connectivity index (χ4v) is 3.05. The Balaban J connectivity index is 2.37. The molecule has 0 spiro atoms. The predicted molar refractivity (Wildman–Crippen MR) is 77.9 cm³/mol. The number of aliphatic hydroxyl groups excluding tert-OH is 1. The van der Waals surface area contributed by atoms with Gasteiger partial charge in [-0.25, -0.2) is 0 Å². The van der Waals surface area contributed by atoms with E-state index in [0.717, 1.165) is 16.7 Å². The van der Waals surface area contributed by atoms with Gasteiger partial charge in [0.15, 0.2) is 11.6 Å². The normalized spacial score (nSPS) is 19.4. The highest BCUT2D eigenvalue weighted by atomic mass is 16.3. The van der Waals surface area contributed by atoms with E-state index in [-0.39, 0.29) is 28.8 Å². The molecule has 20 heavy (non-hydrogen) atoms. The van der Waals surface area contributed by atoms with Crippen LogP contribution in [0.3, 0.4) is 0 Å². The Bertz CT molecular complexity index is 556. The molecule has 0 atom stereocenters. The largest absolute Gasteiger partial charge is 0.511 e. The van der Waals surface area contributed by atoms with Crippen LogP contribution in [0.5, 0.6) is 0 Å². The van der Waals surface area contributed by atoms with Gasteiger partial charge in [0.2, 0.25) is 0 Å². The standard InChI is InChI=1S/C17H20O3/c1-4-13(18)17-14(19)8-12(9-15(17)20)16-10(2)6-5-7-11(16)3/h5-7,12,18H,4,8-9H2,1-3H3. The first kappa shape index (κ1) is 14.5. The van der Waals surface area contributed by atoms with Crippen molar-refractivity contribution in [3.05, 3.63) is 46.2 Å². The Morgan fingerprint density at radius 3 is 2.10 bits per heavy atom. The third-order valence-corrected chi connectivity index (χ3v) is 4.00. The number of Topliss-reactive ketones (excluding diaryl/α,β-unsaturated/α-hetero) is 2. The van der Waals surface area contributed by atoms with E-state index in [0.29, 0.717) is 19.3 Å². The van der Waals surface area contributed by atoms with Crippen molar-refractivity contribution in [2.24, 2.45) is 0 Å². The molecule has 106 valence electrons. The molecule has 3 heteroatoms. The molecule has 0 radical (unpaired) electrons. The number of carbonyl (C=O) groups is 2. The fourth-order valence-electron chi connectivity index (χ4n) is 3.05. The van der Waals surface area contributed by atoms with Gasteiger partial charge < -0.3 is 5.11 Å². The van der Waals surface area contributed by atoms with Gasteiger partial charge in [-0.1, -0.05) is 25.1 Å². The van der Waals surface area contributed by atoms with Crippen LogP contribution < -0.4 is 0 Å². The van der Waals surface area contributed by atoms with Gasteiger partial charge in [0.1, 0.15) is 5.76 Å². The number of allylic oxidation sites excluding steroid dienone is 2. The number of aryl methyl sites for hydroxylation is 2. The van der Waals surface area contributed by atoms with E-state index in [1.807, 2.05) is 32.0 Å². The van der Waals surface area contributed by atoms with Gasteiger partial charge in [0.25, 0.3) is 0 Å². The van der Waals surface area contributed by atoms with E-state index in [1.165, 1.54) is 0 Å². The predicted octanol–water partition coefficient (Wildman–Crippen LogP) is 3.54. The average molecular weight is 272 g/mol. The molecule has 1 aromatic rings. The van der Waals surface area contributed by atoms with E-state index in [2.05, 4.69) is 0 Å². The number of benzene rings is 1. The molecule has 0 amide bonds. The van der Waals surface area contributed by atoms with Gasteiger partial charge in [-0.2, -0.15) is 0 Å². The summed E-state index contributed by atoms with van der Waals surface area (Å²) >= 11 is 0. The number of hydrogen-bond donors (Lipinski definition) is 1. The van der Waals surface area contributed by atoms with E-state index in [1.54, 1.807) is 6.92 Å². The van der Waals surface area contributed by atoms with Crippen molar-refractivity contribution in [3.8, 4) is 0 Å². The summed E-state index contributed by atoms with van der Waals surface area (Å²) in [5.74, 6) is -0.592. The van der Waals surface area contributed by atoms with Crippen LogP contribution in [0.4, 0.5) is 0 Å². The summed E-state index contributed by atoms with van der Waals surface area (Å²) in [6.45, 7) is 5.75. The van der Waals surface area contributed by atoms with Crippen LogP contribution in [0, 0.1) is 13.8 Å². The lowest BCUT2D eigenvalue weighted by Gasteiger charge is -2.25. The van der Waals surface area contributed by atoms with Crippen molar-refractivity contribution in [2.75, 3.05) is 0 Å². The van der Waals surface area contributed by atoms with E-state index < -0.39 is 0 Å². The number of hydrogen-bond acceptors (Lipinski definition) is 3. The highest BCUT2D eigenvalue weighted by Gasteiger charge is 2.34. The highest BCUT2D eigenvalue weighted by Crippen LogP contribution is 2.35. The summed E-state index contributed by atoms with van der Waals surface area (Å²) < 4.78 is 0. The first-order valence-electron chi connectivity index (χ1n) is 7.00. The minimum atomic E-state index is -0.228. The summed E-state index contributed by atoms with van der Waals surface area (Å²) in [5.41, 5.74) is 3.35. The molecule has 0 aliphatic heterocycles. The van der Waals surface area contributed by atoms with Crippen LogP contribution in [0.1, 0.15) is 48.8 Å². The molecule has 1 fully saturated rings. The molecule has 0 bridgehead atoms. The summed E-state index contributed by atoms with van der Waals surface area (Å²) in [6, 6.07) is 5.99. The summed E-state index contributed by atoms with van der Waals surface area (Å²) in [7, 11) is 0. The number of carbonyl (C=O) groups excluding carboxylic acids is 2. The zero-order valence-electron chi connectivity index (χ0n) is 12.2. The van der Waals surface area contributed by atoms with Crippen molar-refractivity contribution < 1.29 is 14.7 Å². The Morgan fingerprint density at radius 2 is 1.65 bits per heavy atom. The van der Waals surface area contributed by atoms with Crippen molar-refractivity contribution in [3.63, 3.8) is 0 Å². The zero-order chi connectivity index (χ0) is 14.9. The number of rotatable bonds is 2. The molecule has 0 heterocycles. The maximum absolute atomic E-state index is 12.2. The smallest absolute Gasteiger partial charge is 0.170 e. The number of aliphatic hydroxyl groups is 1. The summed E-state index contributed by atoms with van der Waals surface area (Å²) in [4.78, 5) is 24.3. The maximum Gasteiger partial charge on any atom is 0.170 e. The number of ketones is 2. The van der Waals surface area contributed by atoms with E-state index in [4.69, 9.17) is 0 Å². The Hall–Kier alpha value is -1.90. The lowest BCUT2D eigenvalue weighted by molar-refractivity contribution is -0.124. The molecular weight excluding hydrogens is 252 g/mol. The summed E-state index contributed by atoms with van der Waals surface area (Å²) in [6.07, 6.45) is 0.925. The van der Waals surface area contributed by atoms with Crippen molar-refractivity contribution in [2.45, 2.75) is 46.0 Å². The third kappa shape index (κ3) is 2.53. The minimum Gasteiger partial charge on any atom is -0.511 e. The maximum atomic E-state index is 12.2. The molecule has 3 nitrogen and oxygen atoms in total. The Labute approximate surface area is 119 Å². The second-order valence-electron chi connectivity index (χ2n) is 5.43. The van der Waals surface area contributed by atoms with Gasteiger partial charge in [0.05, 0.1) is 5.57 Å². The second kappa shape index (κ2) is 5.61. The van der Waals surface area contributed by atoms with Crippen LogP contribution >= 0.6 is 0 Å². The van der Waals surface area contributed by atoms with Crippen LogP contribution in [-0.4, -0.2) is 16.7 Å². The van der Waals surface area contributed by atoms with Gasteiger partial charge in [-0.05, 0) is 36.5 Å². The van der Waals surface area contributed by atoms with Crippen molar-refractivity contribution in [1.82, 2.24) is 0 Å². The molecule has 1 aliphatic rings. The van der Waals surface area contributed by atoms with Crippen LogP contribution in [-0.2, 0) is 9.59 Å². The van der Waals surface area contributed by atoms with Crippen LogP contribution in [0.15, 0.2) is 29.5 Å². The minimum absolute atomic E-state index is 0.0231. The van der Waals surface area contributed by atoms with Crippen LogP contribution in [0.2, 0.25) is 0 Å². The van der Waals surface area contributed by atoms with Gasteiger partial charge in [-0.3, -0.25) is 9.59 Å². The second-order valence-corrected chi connectivity index (χ2v) is 5.43. The molecule has 1 aromatic carbocycles. The molecule has 1 aliphatic carbocycles. The molecule has 1 saturated carbocycles. The molecule has 2 rings (SSSR count). The van der Waals surface area contributed by atoms with Gasteiger partial charge >= 0.3 is 0 Å². The van der Waals surface area contributed by atoms with Crippen molar-refractivity contribution >= 4 is 11.6 Å². The molecule has 0 unspecified atom stereocenters. The Kier molecular flexibility index (Phi) is 4.07. The van der Waals surface area contributed by atoms with E-state index >= 15 is 0 Å². The molecule has 1 N–H and O–H groups in total. The van der Waals surface area contributed by atoms with Crippen molar-refractivity contribution in [1.29, 1.82) is 0 Å².